The molecule has 1 aliphatic carbocycles. The molecule has 5 heteroatoms. The second-order valence-corrected chi connectivity index (χ2v) is 5.26. The Morgan fingerprint density at radius 3 is 2.50 bits per heavy atom. The Kier molecular flexibility index (Phi) is 4.27. The second kappa shape index (κ2) is 5.94. The molecule has 2 amide bonds. The molecule has 20 heavy (non-hydrogen) atoms. The molecule has 5 nitrogen and oxygen atoms in total. The zero-order chi connectivity index (χ0) is 14.7. The quantitative estimate of drug-likeness (QED) is 0.821. The first-order valence-corrected chi connectivity index (χ1v) is 6.81. The summed E-state index contributed by atoms with van der Waals surface area (Å²) < 4.78 is 5.56. The summed E-state index contributed by atoms with van der Waals surface area (Å²) >= 11 is 0. The van der Waals surface area contributed by atoms with Gasteiger partial charge in [-0.05, 0) is 56.9 Å². The summed E-state index contributed by atoms with van der Waals surface area (Å²) in [6.07, 6.45) is 1.13. The fraction of sp³-hybridized carbons (Fsp3) is 0.467. The summed E-state index contributed by atoms with van der Waals surface area (Å²) in [6, 6.07) is 5.67. The fourth-order valence-electron chi connectivity index (χ4n) is 1.72. The van der Waals surface area contributed by atoms with E-state index in [9.17, 15) is 9.59 Å². The van der Waals surface area contributed by atoms with E-state index < -0.39 is 6.10 Å². The van der Waals surface area contributed by atoms with Crippen molar-refractivity contribution in [1.29, 1.82) is 0 Å². The predicted octanol–water partition coefficient (Wildman–Crippen LogP) is 1.63. The van der Waals surface area contributed by atoms with Crippen molar-refractivity contribution >= 4 is 11.8 Å². The van der Waals surface area contributed by atoms with Crippen LogP contribution in [-0.2, 0) is 9.59 Å². The van der Waals surface area contributed by atoms with Gasteiger partial charge in [0.1, 0.15) is 5.75 Å². The predicted molar refractivity (Wildman–Crippen MR) is 75.0 cm³/mol. The molecule has 0 heterocycles. The molecule has 0 aromatic heterocycles. The van der Waals surface area contributed by atoms with Crippen LogP contribution in [0.5, 0.6) is 5.75 Å². The Morgan fingerprint density at radius 2 is 1.90 bits per heavy atom. The van der Waals surface area contributed by atoms with E-state index in [0.29, 0.717) is 5.75 Å². The maximum absolute atomic E-state index is 11.8. The molecule has 1 aromatic carbocycles. The zero-order valence-corrected chi connectivity index (χ0v) is 12.0. The van der Waals surface area contributed by atoms with Gasteiger partial charge in [0.15, 0.2) is 6.10 Å². The molecule has 0 bridgehead atoms. The van der Waals surface area contributed by atoms with Crippen molar-refractivity contribution in [2.24, 2.45) is 5.92 Å². The van der Waals surface area contributed by atoms with E-state index in [1.165, 1.54) is 5.56 Å². The minimum absolute atomic E-state index is 0.0614. The third kappa shape index (κ3) is 3.73. The van der Waals surface area contributed by atoms with Gasteiger partial charge in [-0.15, -0.1) is 0 Å². The molecular formula is C15H20N2O3. The average molecular weight is 276 g/mol. The van der Waals surface area contributed by atoms with Gasteiger partial charge < -0.3 is 4.74 Å². The van der Waals surface area contributed by atoms with Gasteiger partial charge in [-0.2, -0.15) is 0 Å². The topological polar surface area (TPSA) is 67.4 Å². The number of carbonyl (C=O) groups excluding carboxylic acids is 2. The largest absolute Gasteiger partial charge is 0.481 e. The fourth-order valence-corrected chi connectivity index (χ4v) is 1.72. The van der Waals surface area contributed by atoms with E-state index in [-0.39, 0.29) is 17.7 Å². The maximum Gasteiger partial charge on any atom is 0.279 e. The van der Waals surface area contributed by atoms with Crippen LogP contribution >= 0.6 is 0 Å². The average Bonchev–Trinajstić information content (AvgIpc) is 3.24. The molecule has 108 valence electrons. The lowest BCUT2D eigenvalue weighted by Crippen LogP contribution is -2.47. The number of aryl methyl sites for hydroxylation is 2. The number of hydrogen-bond acceptors (Lipinski definition) is 3. The molecule has 0 saturated heterocycles. The number of nitrogens with one attached hydrogen (secondary N) is 2. The Morgan fingerprint density at radius 1 is 1.20 bits per heavy atom. The minimum Gasteiger partial charge on any atom is -0.481 e. The van der Waals surface area contributed by atoms with Crippen molar-refractivity contribution in [3.63, 3.8) is 0 Å². The molecule has 0 spiro atoms. The number of carbonyl (C=O) groups is 2. The maximum atomic E-state index is 11.8. The Balaban J connectivity index is 1.83. The molecule has 0 aliphatic heterocycles. The van der Waals surface area contributed by atoms with E-state index in [1.54, 1.807) is 6.92 Å². The van der Waals surface area contributed by atoms with Crippen LogP contribution in [0.2, 0.25) is 0 Å². The van der Waals surface area contributed by atoms with Gasteiger partial charge >= 0.3 is 0 Å². The number of ether oxygens (including phenoxy) is 1. The summed E-state index contributed by atoms with van der Waals surface area (Å²) in [6.45, 7) is 5.65. The molecule has 2 rings (SSSR count). The Bertz CT molecular complexity index is 524. The van der Waals surface area contributed by atoms with Crippen molar-refractivity contribution in [2.45, 2.75) is 39.7 Å². The van der Waals surface area contributed by atoms with Crippen LogP contribution in [0.25, 0.3) is 0 Å². The van der Waals surface area contributed by atoms with Gasteiger partial charge in [-0.3, -0.25) is 20.4 Å². The number of hydrogen-bond donors (Lipinski definition) is 2. The van der Waals surface area contributed by atoms with E-state index in [4.69, 9.17) is 4.74 Å². The van der Waals surface area contributed by atoms with Crippen LogP contribution in [0.4, 0.5) is 0 Å². The van der Waals surface area contributed by atoms with Gasteiger partial charge in [0.25, 0.3) is 5.91 Å². The highest BCUT2D eigenvalue weighted by Crippen LogP contribution is 2.28. The summed E-state index contributed by atoms with van der Waals surface area (Å²) in [4.78, 5) is 23.2. The van der Waals surface area contributed by atoms with Gasteiger partial charge in [-0.1, -0.05) is 6.07 Å². The molecule has 1 atom stereocenters. The lowest BCUT2D eigenvalue weighted by atomic mass is 10.1. The number of amides is 2. The second-order valence-electron chi connectivity index (χ2n) is 5.26. The van der Waals surface area contributed by atoms with Crippen molar-refractivity contribution in [1.82, 2.24) is 10.9 Å². The zero-order valence-electron chi connectivity index (χ0n) is 12.0. The first kappa shape index (κ1) is 14.4. The summed E-state index contributed by atoms with van der Waals surface area (Å²) in [5.74, 6) is 0.213. The van der Waals surface area contributed by atoms with E-state index >= 15 is 0 Å². The SMILES string of the molecule is Cc1ccc(OC(C)C(=O)NNC(=O)C2CC2)cc1C. The number of rotatable bonds is 4. The number of hydrazine groups is 1. The van der Waals surface area contributed by atoms with Crippen molar-refractivity contribution in [2.75, 3.05) is 0 Å². The van der Waals surface area contributed by atoms with Crippen molar-refractivity contribution in [3.8, 4) is 5.75 Å². The molecule has 1 aliphatic rings. The molecule has 0 radical (unpaired) electrons. The van der Waals surface area contributed by atoms with Crippen LogP contribution in [0.3, 0.4) is 0 Å². The lowest BCUT2D eigenvalue weighted by molar-refractivity contribution is -0.133. The molecule has 1 fully saturated rings. The van der Waals surface area contributed by atoms with Crippen molar-refractivity contribution < 1.29 is 14.3 Å². The Labute approximate surface area is 118 Å². The molecule has 1 aromatic rings. The van der Waals surface area contributed by atoms with Gasteiger partial charge in [-0.25, -0.2) is 0 Å². The monoisotopic (exact) mass is 276 g/mol. The standard InChI is InChI=1S/C15H20N2O3/c1-9-4-7-13(8-10(9)2)20-11(3)14(18)16-17-15(19)12-5-6-12/h4,7-8,11-12H,5-6H2,1-3H3,(H,16,18)(H,17,19). The van der Waals surface area contributed by atoms with Crippen LogP contribution in [0.15, 0.2) is 18.2 Å². The van der Waals surface area contributed by atoms with Crippen LogP contribution in [0.1, 0.15) is 30.9 Å². The van der Waals surface area contributed by atoms with Gasteiger partial charge in [0.05, 0.1) is 0 Å². The molecular weight excluding hydrogens is 256 g/mol. The number of benzene rings is 1. The van der Waals surface area contributed by atoms with Gasteiger partial charge in [0.2, 0.25) is 5.91 Å². The minimum atomic E-state index is -0.670. The first-order valence-electron chi connectivity index (χ1n) is 6.81. The smallest absolute Gasteiger partial charge is 0.279 e. The highest BCUT2D eigenvalue weighted by molar-refractivity contribution is 5.86. The third-order valence-electron chi connectivity index (χ3n) is 3.42. The van der Waals surface area contributed by atoms with Crippen LogP contribution < -0.4 is 15.6 Å². The summed E-state index contributed by atoms with van der Waals surface area (Å²) in [5.41, 5.74) is 7.08. The summed E-state index contributed by atoms with van der Waals surface area (Å²) in [7, 11) is 0. The Hall–Kier alpha value is -2.04. The van der Waals surface area contributed by atoms with Gasteiger partial charge in [0, 0.05) is 5.92 Å². The van der Waals surface area contributed by atoms with Crippen LogP contribution in [0, 0.1) is 19.8 Å². The highest BCUT2D eigenvalue weighted by Gasteiger charge is 2.30. The molecule has 1 saturated carbocycles. The lowest BCUT2D eigenvalue weighted by Gasteiger charge is -2.15. The normalized spacial score (nSPS) is 15.3. The first-order chi connectivity index (χ1) is 9.47. The van der Waals surface area contributed by atoms with Crippen molar-refractivity contribution in [3.05, 3.63) is 29.3 Å². The summed E-state index contributed by atoms with van der Waals surface area (Å²) in [5, 5.41) is 0. The van der Waals surface area contributed by atoms with E-state index in [0.717, 1.165) is 18.4 Å². The van der Waals surface area contributed by atoms with Crippen LogP contribution in [-0.4, -0.2) is 17.9 Å². The highest BCUT2D eigenvalue weighted by atomic mass is 16.5. The third-order valence-corrected chi connectivity index (χ3v) is 3.42. The van der Waals surface area contributed by atoms with E-state index in [1.807, 2.05) is 32.0 Å². The molecule has 2 N–H and O–H groups in total. The molecule has 1 unspecified atom stereocenters. The van der Waals surface area contributed by atoms with E-state index in [2.05, 4.69) is 10.9 Å².